The van der Waals surface area contributed by atoms with Crippen LogP contribution >= 0.6 is 22.6 Å². The van der Waals surface area contributed by atoms with Gasteiger partial charge in [-0.15, -0.1) is 0 Å². The number of amides is 1. The van der Waals surface area contributed by atoms with Gasteiger partial charge in [-0.1, -0.05) is 6.07 Å². The molecule has 1 aliphatic rings. The summed E-state index contributed by atoms with van der Waals surface area (Å²) in [7, 11) is 0. The summed E-state index contributed by atoms with van der Waals surface area (Å²) in [6.07, 6.45) is 0.462. The van der Waals surface area contributed by atoms with Gasteiger partial charge in [0.2, 0.25) is 0 Å². The van der Waals surface area contributed by atoms with Crippen molar-refractivity contribution >= 4 is 28.5 Å². The number of nitrogens with zero attached hydrogens (tertiary/aromatic N) is 1. The molecule has 0 aromatic heterocycles. The van der Waals surface area contributed by atoms with Crippen molar-refractivity contribution in [2.45, 2.75) is 45.4 Å². The first-order chi connectivity index (χ1) is 10.3. The lowest BCUT2D eigenvalue weighted by atomic mass is 10.00. The van der Waals surface area contributed by atoms with Gasteiger partial charge in [-0.25, -0.2) is 0 Å². The first kappa shape index (κ1) is 17.7. The highest BCUT2D eigenvalue weighted by molar-refractivity contribution is 14.1. The number of morpholine rings is 1. The largest absolute Gasteiger partial charge is 0.373 e. The number of benzene rings is 1. The molecule has 1 amide bonds. The number of nitrogens with one attached hydrogen (secondary N) is 1. The standard InChI is InChI=1S/C17H25IN2O2/c1-12-9-20(10-13(2)22-12)17(3,4)11-19-16(21)14-6-5-7-15(18)8-14/h5-8,12-13H,9-11H2,1-4H3,(H,19,21)/t12-,13-/m0/s1. The van der Waals surface area contributed by atoms with E-state index in [4.69, 9.17) is 4.74 Å². The van der Waals surface area contributed by atoms with Crippen LogP contribution in [-0.2, 0) is 4.74 Å². The lowest BCUT2D eigenvalue weighted by molar-refractivity contribution is -0.0948. The molecule has 5 heteroatoms. The van der Waals surface area contributed by atoms with Gasteiger partial charge in [-0.3, -0.25) is 9.69 Å². The number of halogens is 1. The predicted octanol–water partition coefficient (Wildman–Crippen LogP) is 2.91. The van der Waals surface area contributed by atoms with Crippen molar-refractivity contribution in [2.24, 2.45) is 0 Å². The summed E-state index contributed by atoms with van der Waals surface area (Å²) in [6, 6.07) is 7.65. The minimum Gasteiger partial charge on any atom is -0.373 e. The minimum absolute atomic E-state index is 0.0130. The lowest BCUT2D eigenvalue weighted by Gasteiger charge is -2.45. The van der Waals surface area contributed by atoms with E-state index in [9.17, 15) is 4.79 Å². The average molecular weight is 416 g/mol. The second kappa shape index (κ2) is 7.27. The Labute approximate surface area is 146 Å². The minimum atomic E-state index is -0.0934. The summed E-state index contributed by atoms with van der Waals surface area (Å²) in [6.45, 7) is 11.0. The molecule has 1 N–H and O–H groups in total. The highest BCUT2D eigenvalue weighted by Gasteiger charge is 2.33. The van der Waals surface area contributed by atoms with Gasteiger partial charge in [-0.05, 0) is 68.5 Å². The maximum absolute atomic E-state index is 12.3. The third-order valence-electron chi connectivity index (χ3n) is 4.04. The van der Waals surface area contributed by atoms with Gasteiger partial charge in [0.15, 0.2) is 0 Å². The van der Waals surface area contributed by atoms with E-state index < -0.39 is 0 Å². The Balaban J connectivity index is 1.95. The van der Waals surface area contributed by atoms with Crippen LogP contribution in [-0.4, -0.2) is 48.2 Å². The van der Waals surface area contributed by atoms with Gasteiger partial charge < -0.3 is 10.1 Å². The molecule has 1 aromatic rings. The number of carbonyl (C=O) groups excluding carboxylic acids is 1. The lowest BCUT2D eigenvalue weighted by Crippen LogP contribution is -2.58. The van der Waals surface area contributed by atoms with E-state index in [-0.39, 0.29) is 23.7 Å². The molecule has 122 valence electrons. The monoisotopic (exact) mass is 416 g/mol. The van der Waals surface area contributed by atoms with Crippen LogP contribution in [0.25, 0.3) is 0 Å². The smallest absolute Gasteiger partial charge is 0.251 e. The van der Waals surface area contributed by atoms with Gasteiger partial charge >= 0.3 is 0 Å². The first-order valence-electron chi connectivity index (χ1n) is 7.72. The number of carbonyl (C=O) groups is 1. The Kier molecular flexibility index (Phi) is 5.85. The van der Waals surface area contributed by atoms with Crippen molar-refractivity contribution in [1.82, 2.24) is 10.2 Å². The Hall–Kier alpha value is -0.660. The SMILES string of the molecule is C[C@H]1CN(C(C)(C)CNC(=O)c2cccc(I)c2)C[C@H](C)O1. The summed E-state index contributed by atoms with van der Waals surface area (Å²) in [5, 5.41) is 3.07. The third kappa shape index (κ3) is 4.67. The molecule has 1 fully saturated rings. The molecule has 0 spiro atoms. The van der Waals surface area contributed by atoms with Gasteiger partial charge in [0.25, 0.3) is 5.91 Å². The Bertz CT molecular complexity index is 523. The van der Waals surface area contributed by atoms with Crippen molar-refractivity contribution < 1.29 is 9.53 Å². The van der Waals surface area contributed by atoms with Crippen molar-refractivity contribution in [3.05, 3.63) is 33.4 Å². The van der Waals surface area contributed by atoms with Crippen molar-refractivity contribution in [3.8, 4) is 0 Å². The van der Waals surface area contributed by atoms with E-state index in [1.807, 2.05) is 24.3 Å². The van der Waals surface area contributed by atoms with Crippen LogP contribution in [0.5, 0.6) is 0 Å². The van der Waals surface area contributed by atoms with Crippen LogP contribution in [0.3, 0.4) is 0 Å². The van der Waals surface area contributed by atoms with Crippen molar-refractivity contribution in [3.63, 3.8) is 0 Å². The van der Waals surface area contributed by atoms with Crippen LogP contribution in [0.15, 0.2) is 24.3 Å². The van der Waals surface area contributed by atoms with Crippen LogP contribution in [0.2, 0.25) is 0 Å². The topological polar surface area (TPSA) is 41.6 Å². The summed E-state index contributed by atoms with van der Waals surface area (Å²) in [5.41, 5.74) is 0.621. The van der Waals surface area contributed by atoms with Crippen molar-refractivity contribution in [1.29, 1.82) is 0 Å². The normalized spacial score (nSPS) is 23.3. The number of hydrogen-bond donors (Lipinski definition) is 1. The molecule has 0 saturated carbocycles. The number of ether oxygens (including phenoxy) is 1. The summed E-state index contributed by atoms with van der Waals surface area (Å²) < 4.78 is 6.86. The van der Waals surface area contributed by atoms with E-state index in [0.29, 0.717) is 12.1 Å². The molecule has 1 aromatic carbocycles. The van der Waals surface area contributed by atoms with Crippen LogP contribution in [0, 0.1) is 3.57 Å². The Morgan fingerprint density at radius 2 is 2.00 bits per heavy atom. The quantitative estimate of drug-likeness (QED) is 0.768. The highest BCUT2D eigenvalue weighted by atomic mass is 127. The molecule has 1 saturated heterocycles. The second-order valence-corrected chi connectivity index (χ2v) is 7.91. The van der Waals surface area contributed by atoms with E-state index in [1.54, 1.807) is 0 Å². The maximum Gasteiger partial charge on any atom is 0.251 e. The molecule has 1 heterocycles. The molecule has 0 bridgehead atoms. The molecule has 0 aliphatic carbocycles. The fourth-order valence-corrected chi connectivity index (χ4v) is 3.36. The fraction of sp³-hybridized carbons (Fsp3) is 0.588. The molecule has 1 aliphatic heterocycles. The molecular weight excluding hydrogens is 391 g/mol. The van der Waals surface area contributed by atoms with E-state index >= 15 is 0 Å². The summed E-state index contributed by atoms with van der Waals surface area (Å²) >= 11 is 2.22. The molecule has 22 heavy (non-hydrogen) atoms. The molecule has 4 nitrogen and oxygen atoms in total. The zero-order chi connectivity index (χ0) is 16.3. The first-order valence-corrected chi connectivity index (χ1v) is 8.80. The molecular formula is C17H25IN2O2. The van der Waals surface area contributed by atoms with E-state index in [0.717, 1.165) is 16.7 Å². The zero-order valence-corrected chi connectivity index (χ0v) is 15.9. The molecule has 2 atom stereocenters. The Morgan fingerprint density at radius 3 is 2.59 bits per heavy atom. The molecule has 0 unspecified atom stereocenters. The van der Waals surface area contributed by atoms with Gasteiger partial charge in [0, 0.05) is 34.3 Å². The van der Waals surface area contributed by atoms with Gasteiger partial charge in [-0.2, -0.15) is 0 Å². The number of hydrogen-bond acceptors (Lipinski definition) is 3. The fourth-order valence-electron chi connectivity index (χ4n) is 2.81. The predicted molar refractivity (Wildman–Crippen MR) is 97.2 cm³/mol. The highest BCUT2D eigenvalue weighted by Crippen LogP contribution is 2.20. The van der Waals surface area contributed by atoms with Crippen LogP contribution in [0.1, 0.15) is 38.1 Å². The van der Waals surface area contributed by atoms with Gasteiger partial charge in [0.05, 0.1) is 12.2 Å². The maximum atomic E-state index is 12.3. The second-order valence-electron chi connectivity index (χ2n) is 6.67. The zero-order valence-electron chi connectivity index (χ0n) is 13.7. The van der Waals surface area contributed by atoms with Gasteiger partial charge in [0.1, 0.15) is 0 Å². The van der Waals surface area contributed by atoms with Crippen molar-refractivity contribution in [2.75, 3.05) is 19.6 Å². The molecule has 2 rings (SSSR count). The third-order valence-corrected chi connectivity index (χ3v) is 4.72. The van der Waals surface area contributed by atoms with Crippen LogP contribution in [0.4, 0.5) is 0 Å². The Morgan fingerprint density at radius 1 is 1.36 bits per heavy atom. The number of rotatable bonds is 4. The van der Waals surface area contributed by atoms with E-state index in [2.05, 4.69) is 60.5 Å². The van der Waals surface area contributed by atoms with E-state index in [1.165, 1.54) is 0 Å². The summed E-state index contributed by atoms with van der Waals surface area (Å²) in [4.78, 5) is 14.7. The summed E-state index contributed by atoms with van der Waals surface area (Å²) in [5.74, 6) is -0.0130. The molecule has 0 radical (unpaired) electrons. The average Bonchev–Trinajstić information content (AvgIpc) is 2.44. The van der Waals surface area contributed by atoms with Crippen LogP contribution < -0.4 is 5.32 Å².